The standard InChI is InChI=1S/C23H31N3O3/c1-22(2,3)26-20-18(15-24-26)13-23(14-19(20)27)9-11-25(12-10-23)21(28)29-16-17-7-5-4-6-8-17/h4-8,24H,9-16H2,1-3H3. The van der Waals surface area contributed by atoms with Crippen LogP contribution in [0.3, 0.4) is 0 Å². The van der Waals surface area contributed by atoms with Gasteiger partial charge in [-0.1, -0.05) is 30.3 Å². The van der Waals surface area contributed by atoms with E-state index < -0.39 is 0 Å². The van der Waals surface area contributed by atoms with E-state index in [0.717, 1.165) is 37.1 Å². The Hall–Kier alpha value is -2.34. The summed E-state index contributed by atoms with van der Waals surface area (Å²) in [7, 11) is 0. The van der Waals surface area contributed by atoms with Crippen LogP contribution in [-0.4, -0.2) is 47.0 Å². The van der Waals surface area contributed by atoms with Crippen molar-refractivity contribution in [2.45, 2.75) is 58.6 Å². The van der Waals surface area contributed by atoms with Crippen LogP contribution in [-0.2, 0) is 16.1 Å². The van der Waals surface area contributed by atoms with Crippen molar-refractivity contribution in [3.63, 3.8) is 0 Å². The lowest BCUT2D eigenvalue weighted by Gasteiger charge is -2.44. The van der Waals surface area contributed by atoms with E-state index in [9.17, 15) is 9.59 Å². The molecule has 0 saturated carbocycles. The molecule has 2 aliphatic heterocycles. The van der Waals surface area contributed by atoms with Gasteiger partial charge < -0.3 is 9.64 Å². The zero-order chi connectivity index (χ0) is 20.6. The van der Waals surface area contributed by atoms with Gasteiger partial charge in [0.2, 0.25) is 0 Å². The molecule has 0 bridgehead atoms. The Bertz CT molecular complexity index is 818. The van der Waals surface area contributed by atoms with Crippen LogP contribution in [0.15, 0.2) is 41.6 Å². The van der Waals surface area contributed by atoms with Gasteiger partial charge in [0.25, 0.3) is 0 Å². The number of ketones is 1. The second-order valence-corrected chi connectivity index (χ2v) is 9.60. The molecule has 1 fully saturated rings. The Balaban J connectivity index is 1.36. The molecule has 0 atom stereocenters. The van der Waals surface area contributed by atoms with Gasteiger partial charge in [-0.15, -0.1) is 0 Å². The van der Waals surface area contributed by atoms with E-state index >= 15 is 0 Å². The molecule has 4 rings (SSSR count). The number of rotatable bonds is 2. The van der Waals surface area contributed by atoms with Crippen LogP contribution < -0.4 is 5.43 Å². The quantitative estimate of drug-likeness (QED) is 0.826. The van der Waals surface area contributed by atoms with Gasteiger partial charge in [0.1, 0.15) is 6.61 Å². The number of carbonyl (C=O) groups is 2. The minimum Gasteiger partial charge on any atom is -0.445 e. The highest BCUT2D eigenvalue weighted by Crippen LogP contribution is 2.47. The lowest BCUT2D eigenvalue weighted by molar-refractivity contribution is -0.122. The Kier molecular flexibility index (Phi) is 5.15. The molecular weight excluding hydrogens is 366 g/mol. The number of likely N-dealkylation sites (tertiary alicyclic amines) is 1. The van der Waals surface area contributed by atoms with Crippen LogP contribution in [0.5, 0.6) is 0 Å². The van der Waals surface area contributed by atoms with Gasteiger partial charge in [-0.3, -0.25) is 9.80 Å². The summed E-state index contributed by atoms with van der Waals surface area (Å²) in [5, 5.41) is 2.05. The first-order chi connectivity index (χ1) is 13.8. The third-order valence-corrected chi connectivity index (χ3v) is 6.36. The van der Waals surface area contributed by atoms with Crippen LogP contribution >= 0.6 is 0 Å². The number of ether oxygens (including phenoxy) is 1. The number of benzene rings is 1. The minimum atomic E-state index is -0.257. The zero-order valence-electron chi connectivity index (χ0n) is 17.7. The summed E-state index contributed by atoms with van der Waals surface area (Å²) in [4.78, 5) is 27.3. The van der Waals surface area contributed by atoms with Crippen LogP contribution in [0.1, 0.15) is 52.0 Å². The molecule has 0 radical (unpaired) electrons. The summed E-state index contributed by atoms with van der Waals surface area (Å²) in [6, 6.07) is 9.73. The maximum absolute atomic E-state index is 13.0. The van der Waals surface area contributed by atoms with Crippen LogP contribution in [0.4, 0.5) is 4.79 Å². The molecule has 1 aliphatic carbocycles. The molecule has 1 amide bonds. The fraction of sp³-hybridized carbons (Fsp3) is 0.565. The molecule has 3 aliphatic rings. The minimum absolute atomic E-state index is 0.0122. The van der Waals surface area contributed by atoms with Crippen molar-refractivity contribution >= 4 is 11.9 Å². The van der Waals surface area contributed by atoms with Gasteiger partial charge in [-0.05, 0) is 56.6 Å². The number of amides is 1. The zero-order valence-corrected chi connectivity index (χ0v) is 17.7. The second kappa shape index (κ2) is 7.48. The molecule has 6 nitrogen and oxygen atoms in total. The van der Waals surface area contributed by atoms with Crippen LogP contribution in [0.2, 0.25) is 0 Å². The Morgan fingerprint density at radius 3 is 2.48 bits per heavy atom. The molecule has 1 spiro atoms. The van der Waals surface area contributed by atoms with Crippen molar-refractivity contribution in [3.8, 4) is 0 Å². The Morgan fingerprint density at radius 2 is 1.83 bits per heavy atom. The predicted molar refractivity (Wildman–Crippen MR) is 111 cm³/mol. The number of Topliss-reactive ketones (excluding diaryl/α,β-unsaturated/α-hetero) is 1. The smallest absolute Gasteiger partial charge is 0.410 e. The highest BCUT2D eigenvalue weighted by molar-refractivity contribution is 5.97. The number of carbonyl (C=O) groups excluding carboxylic acids is 2. The largest absolute Gasteiger partial charge is 0.445 e. The number of hydrazine groups is 1. The lowest BCUT2D eigenvalue weighted by atomic mass is 9.67. The highest BCUT2D eigenvalue weighted by atomic mass is 16.6. The molecule has 29 heavy (non-hydrogen) atoms. The average molecular weight is 398 g/mol. The Labute approximate surface area is 172 Å². The fourth-order valence-corrected chi connectivity index (χ4v) is 4.80. The van der Waals surface area contributed by atoms with E-state index in [2.05, 4.69) is 26.2 Å². The summed E-state index contributed by atoms with van der Waals surface area (Å²) >= 11 is 0. The maximum Gasteiger partial charge on any atom is 0.410 e. The summed E-state index contributed by atoms with van der Waals surface area (Å²) in [5.41, 5.74) is 6.37. The lowest BCUT2D eigenvalue weighted by Crippen LogP contribution is -2.49. The normalized spacial score (nSPS) is 21.6. The average Bonchev–Trinajstić information content (AvgIpc) is 3.12. The molecule has 0 aromatic heterocycles. The van der Waals surface area contributed by atoms with Gasteiger partial charge in [0.05, 0.1) is 5.70 Å². The third kappa shape index (κ3) is 4.04. The van der Waals surface area contributed by atoms with Crippen molar-refractivity contribution in [2.24, 2.45) is 5.41 Å². The van der Waals surface area contributed by atoms with Crippen molar-refractivity contribution in [1.29, 1.82) is 0 Å². The number of hydrogen-bond acceptors (Lipinski definition) is 5. The second-order valence-electron chi connectivity index (χ2n) is 9.60. The van der Waals surface area contributed by atoms with Crippen molar-refractivity contribution in [1.82, 2.24) is 15.3 Å². The van der Waals surface area contributed by atoms with Crippen LogP contribution in [0.25, 0.3) is 0 Å². The number of piperidine rings is 1. The van der Waals surface area contributed by atoms with E-state index in [0.29, 0.717) is 26.1 Å². The van der Waals surface area contributed by atoms with Gasteiger partial charge in [0.15, 0.2) is 5.78 Å². The van der Waals surface area contributed by atoms with Gasteiger partial charge in [-0.25, -0.2) is 10.2 Å². The molecule has 1 aromatic rings. The first-order valence-electron chi connectivity index (χ1n) is 10.5. The van der Waals surface area contributed by atoms with E-state index in [1.54, 1.807) is 4.90 Å². The van der Waals surface area contributed by atoms with Gasteiger partial charge in [-0.2, -0.15) is 0 Å². The third-order valence-electron chi connectivity index (χ3n) is 6.36. The molecule has 1 saturated heterocycles. The number of nitrogens with one attached hydrogen (secondary N) is 1. The number of allylic oxidation sites excluding steroid dienone is 1. The van der Waals surface area contributed by atoms with Gasteiger partial charge >= 0.3 is 6.09 Å². The molecular formula is C23H31N3O3. The maximum atomic E-state index is 13.0. The molecule has 1 N–H and O–H groups in total. The number of hydrogen-bond donors (Lipinski definition) is 1. The van der Waals surface area contributed by atoms with E-state index in [-0.39, 0.29) is 22.8 Å². The van der Waals surface area contributed by atoms with Crippen molar-refractivity contribution in [3.05, 3.63) is 47.2 Å². The summed E-state index contributed by atoms with van der Waals surface area (Å²) in [6.07, 6.45) is 2.97. The number of nitrogens with zero attached hydrogens (tertiary/aromatic N) is 2. The highest BCUT2D eigenvalue weighted by Gasteiger charge is 2.47. The van der Waals surface area contributed by atoms with Crippen molar-refractivity contribution in [2.75, 3.05) is 19.6 Å². The first-order valence-corrected chi connectivity index (χ1v) is 10.5. The first kappa shape index (κ1) is 20.0. The van der Waals surface area contributed by atoms with Crippen molar-refractivity contribution < 1.29 is 14.3 Å². The SMILES string of the molecule is CC(C)(C)N1NCC2=C1C(=O)CC1(CCN(C(=O)OCc3ccccc3)CC1)C2. The van der Waals surface area contributed by atoms with E-state index in [1.807, 2.05) is 35.3 Å². The molecule has 6 heteroatoms. The molecule has 0 unspecified atom stereocenters. The summed E-state index contributed by atoms with van der Waals surface area (Å²) in [5.74, 6) is 0.242. The van der Waals surface area contributed by atoms with E-state index in [4.69, 9.17) is 4.74 Å². The van der Waals surface area contributed by atoms with Gasteiger partial charge in [0, 0.05) is 31.6 Å². The monoisotopic (exact) mass is 397 g/mol. The van der Waals surface area contributed by atoms with Crippen LogP contribution in [0, 0.1) is 5.41 Å². The summed E-state index contributed by atoms with van der Waals surface area (Å²) < 4.78 is 5.48. The summed E-state index contributed by atoms with van der Waals surface area (Å²) in [6.45, 7) is 8.71. The molecule has 156 valence electrons. The Morgan fingerprint density at radius 1 is 1.14 bits per heavy atom. The van der Waals surface area contributed by atoms with E-state index in [1.165, 1.54) is 5.57 Å². The predicted octanol–water partition coefficient (Wildman–Crippen LogP) is 3.64. The topological polar surface area (TPSA) is 61.9 Å². The fourth-order valence-electron chi connectivity index (χ4n) is 4.80. The molecule has 2 heterocycles. The molecule has 1 aromatic carbocycles.